The van der Waals surface area contributed by atoms with E-state index in [2.05, 4.69) is 11.9 Å². The third-order valence-corrected chi connectivity index (χ3v) is 1.42. The molecule has 0 saturated heterocycles. The Labute approximate surface area is 78.6 Å². The quantitative estimate of drug-likeness (QED) is 0.376. The van der Waals surface area contributed by atoms with E-state index in [1.165, 1.54) is 0 Å². The summed E-state index contributed by atoms with van der Waals surface area (Å²) < 4.78 is 4.94. The number of hydrogen-bond donors (Lipinski definition) is 2. The molecule has 2 atom stereocenters. The van der Waals surface area contributed by atoms with Crippen molar-refractivity contribution in [1.82, 2.24) is 5.32 Å². The fraction of sp³-hybridized carbons (Fsp3) is 0.667. The van der Waals surface area contributed by atoms with Crippen molar-refractivity contribution in [3.63, 3.8) is 0 Å². The molecule has 2 unspecified atom stereocenters. The number of nitrogens with one attached hydrogen (secondary N) is 1. The molecule has 0 amide bonds. The van der Waals surface area contributed by atoms with E-state index in [-0.39, 0.29) is 5.92 Å². The number of rotatable bonds is 5. The highest BCUT2D eigenvalue weighted by Crippen LogP contribution is 2.04. The maximum absolute atomic E-state index is 10.8. The van der Waals surface area contributed by atoms with Crippen LogP contribution >= 0.6 is 0 Å². The topological polar surface area (TPSA) is 58.6 Å². The van der Waals surface area contributed by atoms with Crippen molar-refractivity contribution in [2.24, 2.45) is 5.92 Å². The van der Waals surface area contributed by atoms with E-state index in [0.29, 0.717) is 0 Å². The van der Waals surface area contributed by atoms with Crippen LogP contribution in [-0.2, 0) is 9.53 Å². The molecule has 0 aliphatic carbocycles. The molecule has 0 aromatic heterocycles. The van der Waals surface area contributed by atoms with E-state index >= 15 is 0 Å². The van der Waals surface area contributed by atoms with Gasteiger partial charge < -0.3 is 9.84 Å². The summed E-state index contributed by atoms with van der Waals surface area (Å²) in [5, 5.41) is 11.7. The van der Waals surface area contributed by atoms with Gasteiger partial charge in [0.05, 0.1) is 0 Å². The average molecular weight is 187 g/mol. The van der Waals surface area contributed by atoms with Crippen LogP contribution < -0.4 is 5.32 Å². The maximum atomic E-state index is 10.8. The maximum Gasteiger partial charge on any atom is 0.331 e. The van der Waals surface area contributed by atoms with Crippen LogP contribution in [0.4, 0.5) is 0 Å². The minimum absolute atomic E-state index is 0.0958. The standard InChI is InChI=1S/C9H17NO3/c1-5-8(12)13-9(6(2)3)10-7(4)11/h5-7,9-11H,1H2,2-4H3. The van der Waals surface area contributed by atoms with E-state index in [1.54, 1.807) is 6.92 Å². The number of carbonyl (C=O) groups excluding carboxylic acids is 1. The zero-order valence-electron chi connectivity index (χ0n) is 8.28. The molecule has 0 spiro atoms. The lowest BCUT2D eigenvalue weighted by Gasteiger charge is -2.23. The van der Waals surface area contributed by atoms with E-state index in [9.17, 15) is 4.79 Å². The summed E-state index contributed by atoms with van der Waals surface area (Å²) in [7, 11) is 0. The molecule has 0 aliphatic heterocycles. The molecule has 0 aromatic carbocycles. The van der Waals surface area contributed by atoms with Crippen LogP contribution in [0.15, 0.2) is 12.7 Å². The van der Waals surface area contributed by atoms with Gasteiger partial charge in [-0.3, -0.25) is 5.32 Å². The first kappa shape index (κ1) is 12.1. The molecule has 76 valence electrons. The van der Waals surface area contributed by atoms with Crippen molar-refractivity contribution in [2.75, 3.05) is 0 Å². The Kier molecular flexibility index (Phi) is 5.34. The average Bonchev–Trinajstić information content (AvgIpc) is 2.02. The van der Waals surface area contributed by atoms with Crippen molar-refractivity contribution in [2.45, 2.75) is 33.2 Å². The van der Waals surface area contributed by atoms with Gasteiger partial charge in [-0.25, -0.2) is 4.79 Å². The summed E-state index contributed by atoms with van der Waals surface area (Å²) in [6.07, 6.45) is -0.0884. The largest absolute Gasteiger partial charge is 0.443 e. The van der Waals surface area contributed by atoms with Gasteiger partial charge in [0.2, 0.25) is 0 Å². The Morgan fingerprint density at radius 3 is 2.38 bits per heavy atom. The second kappa shape index (κ2) is 5.72. The highest BCUT2D eigenvalue weighted by atomic mass is 16.6. The molecule has 0 aliphatic rings. The van der Waals surface area contributed by atoms with E-state index in [1.807, 2.05) is 13.8 Å². The molecular formula is C9H17NO3. The summed E-state index contributed by atoms with van der Waals surface area (Å²) in [6, 6.07) is 0. The Morgan fingerprint density at radius 1 is 1.54 bits per heavy atom. The first-order chi connectivity index (χ1) is 5.97. The van der Waals surface area contributed by atoms with Gasteiger partial charge in [0.25, 0.3) is 0 Å². The van der Waals surface area contributed by atoms with E-state index < -0.39 is 18.4 Å². The van der Waals surface area contributed by atoms with Gasteiger partial charge in [0.1, 0.15) is 6.23 Å². The zero-order chi connectivity index (χ0) is 10.4. The molecule has 2 N–H and O–H groups in total. The summed E-state index contributed by atoms with van der Waals surface area (Å²) in [4.78, 5) is 10.8. The molecule has 0 heterocycles. The number of aliphatic hydroxyl groups is 1. The minimum atomic E-state index is -0.704. The lowest BCUT2D eigenvalue weighted by atomic mass is 10.2. The number of esters is 1. The highest BCUT2D eigenvalue weighted by molar-refractivity contribution is 5.81. The zero-order valence-corrected chi connectivity index (χ0v) is 8.28. The van der Waals surface area contributed by atoms with Crippen LogP contribution in [0.3, 0.4) is 0 Å². The summed E-state index contributed by atoms with van der Waals surface area (Å²) in [6.45, 7) is 8.62. The van der Waals surface area contributed by atoms with Gasteiger partial charge in [-0.1, -0.05) is 20.4 Å². The summed E-state index contributed by atoms with van der Waals surface area (Å²) in [5.41, 5.74) is 0. The van der Waals surface area contributed by atoms with Crippen LogP contribution in [0.5, 0.6) is 0 Å². The first-order valence-electron chi connectivity index (χ1n) is 4.24. The fourth-order valence-electron chi connectivity index (χ4n) is 0.774. The predicted molar refractivity (Wildman–Crippen MR) is 49.7 cm³/mol. The lowest BCUT2D eigenvalue weighted by Crippen LogP contribution is -2.42. The molecule has 4 nitrogen and oxygen atoms in total. The Bertz CT molecular complexity index is 178. The van der Waals surface area contributed by atoms with Crippen LogP contribution in [0.2, 0.25) is 0 Å². The Hall–Kier alpha value is -0.870. The van der Waals surface area contributed by atoms with Crippen LogP contribution in [-0.4, -0.2) is 23.5 Å². The van der Waals surface area contributed by atoms with Gasteiger partial charge in [-0.15, -0.1) is 0 Å². The third-order valence-electron chi connectivity index (χ3n) is 1.42. The Balaban J connectivity index is 4.09. The normalized spacial score (nSPS) is 15.2. The van der Waals surface area contributed by atoms with Gasteiger partial charge in [0.15, 0.2) is 6.23 Å². The number of carbonyl (C=O) groups is 1. The predicted octanol–water partition coefficient (Wildman–Crippen LogP) is 0.626. The van der Waals surface area contributed by atoms with Gasteiger partial charge in [-0.2, -0.15) is 0 Å². The fourth-order valence-corrected chi connectivity index (χ4v) is 0.774. The van der Waals surface area contributed by atoms with Crippen LogP contribution in [0.25, 0.3) is 0 Å². The van der Waals surface area contributed by atoms with Crippen LogP contribution in [0.1, 0.15) is 20.8 Å². The summed E-state index contributed by atoms with van der Waals surface area (Å²) >= 11 is 0. The van der Waals surface area contributed by atoms with Crippen molar-refractivity contribution in [3.8, 4) is 0 Å². The molecule has 13 heavy (non-hydrogen) atoms. The molecular weight excluding hydrogens is 170 g/mol. The first-order valence-corrected chi connectivity index (χ1v) is 4.24. The van der Waals surface area contributed by atoms with Gasteiger partial charge in [0, 0.05) is 12.0 Å². The highest BCUT2D eigenvalue weighted by Gasteiger charge is 2.17. The van der Waals surface area contributed by atoms with Crippen molar-refractivity contribution >= 4 is 5.97 Å². The molecule has 0 radical (unpaired) electrons. The van der Waals surface area contributed by atoms with Crippen LogP contribution in [0, 0.1) is 5.92 Å². The molecule has 0 rings (SSSR count). The third kappa shape index (κ3) is 5.38. The monoisotopic (exact) mass is 187 g/mol. The van der Waals surface area contributed by atoms with Crippen molar-refractivity contribution in [1.29, 1.82) is 0 Å². The van der Waals surface area contributed by atoms with E-state index in [4.69, 9.17) is 9.84 Å². The lowest BCUT2D eigenvalue weighted by molar-refractivity contribution is -0.149. The smallest absolute Gasteiger partial charge is 0.331 e. The molecule has 0 saturated carbocycles. The Morgan fingerprint density at radius 2 is 2.08 bits per heavy atom. The molecule has 0 bridgehead atoms. The van der Waals surface area contributed by atoms with Gasteiger partial charge in [-0.05, 0) is 6.92 Å². The number of aliphatic hydroxyl groups excluding tert-OH is 1. The second-order valence-electron chi connectivity index (χ2n) is 3.15. The summed E-state index contributed by atoms with van der Waals surface area (Å²) in [5.74, 6) is -0.398. The van der Waals surface area contributed by atoms with Crippen molar-refractivity contribution in [3.05, 3.63) is 12.7 Å². The molecule has 4 heteroatoms. The van der Waals surface area contributed by atoms with Gasteiger partial charge >= 0.3 is 5.97 Å². The molecule has 0 fully saturated rings. The number of ether oxygens (including phenoxy) is 1. The molecule has 0 aromatic rings. The number of hydrogen-bond acceptors (Lipinski definition) is 4. The minimum Gasteiger partial charge on any atom is -0.443 e. The van der Waals surface area contributed by atoms with E-state index in [0.717, 1.165) is 6.08 Å². The second-order valence-corrected chi connectivity index (χ2v) is 3.15. The van der Waals surface area contributed by atoms with Crippen molar-refractivity contribution < 1.29 is 14.6 Å². The SMILES string of the molecule is C=CC(=O)OC(NC(C)O)C(C)C.